The molecule has 210 valence electrons. The number of fused-ring (bicyclic) bond motifs is 3. The summed E-state index contributed by atoms with van der Waals surface area (Å²) in [6, 6.07) is 9.25. The summed E-state index contributed by atoms with van der Waals surface area (Å²) in [5, 5.41) is 50.5. The number of phenolic OH excluding ortho intramolecular Hbond substituents is 1. The first kappa shape index (κ1) is 27.2. The molecule has 3 atom stereocenters. The molecule has 5 rings (SSSR count). The highest BCUT2D eigenvalue weighted by Crippen LogP contribution is 2.52. The molecule has 0 radical (unpaired) electrons. The van der Waals surface area contributed by atoms with Gasteiger partial charge in [-0.15, -0.1) is 0 Å². The number of Topliss-reactive ketones (excluding diaryl/α,β-unsaturated/α-hetero) is 2. The number of nitrogens with one attached hydrogen (secondary N) is 2. The minimum absolute atomic E-state index is 0.0234. The Hall–Kier alpha value is -4.35. The van der Waals surface area contributed by atoms with Crippen LogP contribution in [-0.2, 0) is 29.1 Å². The van der Waals surface area contributed by atoms with Crippen LogP contribution in [0.25, 0.3) is 0 Å². The lowest BCUT2D eigenvalue weighted by atomic mass is 9.60. The molecule has 0 saturated heterocycles. The van der Waals surface area contributed by atoms with Crippen LogP contribution in [0.3, 0.4) is 0 Å². The van der Waals surface area contributed by atoms with E-state index in [0.717, 1.165) is 11.3 Å². The fraction of sp³-hybridized carbons (Fsp3) is 0.345. The van der Waals surface area contributed by atoms with Crippen molar-refractivity contribution in [3.05, 3.63) is 75.3 Å². The van der Waals surface area contributed by atoms with Gasteiger partial charge in [0, 0.05) is 49.3 Å². The molecule has 8 N–H and O–H groups in total. The number of phenols is 1. The fourth-order valence-electron chi connectivity index (χ4n) is 6.19. The maximum atomic E-state index is 13.8. The molecule has 40 heavy (non-hydrogen) atoms. The maximum Gasteiger partial charge on any atom is 0.255 e. The van der Waals surface area contributed by atoms with Crippen LogP contribution >= 0.6 is 0 Å². The molecule has 11 nitrogen and oxygen atoms in total. The normalized spacial score (nSPS) is 23.9. The van der Waals surface area contributed by atoms with Crippen LogP contribution in [-0.4, -0.2) is 57.7 Å². The topological polar surface area (TPSA) is 191 Å². The molecule has 1 amide bonds. The Balaban J connectivity index is 1.50. The van der Waals surface area contributed by atoms with Crippen molar-refractivity contribution in [3.63, 3.8) is 0 Å². The highest BCUT2D eigenvalue weighted by Gasteiger charge is 2.59. The number of aliphatic hydroxyl groups excluding tert-OH is 2. The highest BCUT2D eigenvalue weighted by molar-refractivity contribution is 6.24. The summed E-state index contributed by atoms with van der Waals surface area (Å²) < 4.78 is 5.17. The van der Waals surface area contributed by atoms with E-state index in [4.69, 9.17) is 10.5 Å². The van der Waals surface area contributed by atoms with Gasteiger partial charge in [-0.25, -0.2) is 0 Å². The first-order valence-electron chi connectivity index (χ1n) is 12.9. The predicted octanol–water partition coefficient (Wildman–Crippen LogP) is 1.92. The number of rotatable bonds is 7. The van der Waals surface area contributed by atoms with E-state index in [1.807, 2.05) is 24.3 Å². The SMILES string of the molecule is CNc1cc(CNCc2ccc(OC)cc2)c(O)c2c1C[C@H]1C[C@H]3CC(O)=C(C(N)=O)C(=O)[C@@]3(O)C(O)=C1C2=O. The molecule has 0 aromatic heterocycles. The zero-order valence-electron chi connectivity index (χ0n) is 22.1. The lowest BCUT2D eigenvalue weighted by Gasteiger charge is -2.45. The van der Waals surface area contributed by atoms with Crippen molar-refractivity contribution < 1.29 is 39.5 Å². The molecular weight excluding hydrogens is 518 g/mol. The molecule has 0 fully saturated rings. The Kier molecular flexibility index (Phi) is 6.80. The lowest BCUT2D eigenvalue weighted by molar-refractivity contribution is -0.144. The molecule has 0 bridgehead atoms. The number of allylic oxidation sites excluding steroid dienone is 2. The number of carbonyl (C=O) groups is 3. The molecule has 0 unspecified atom stereocenters. The third-order valence-electron chi connectivity index (χ3n) is 8.21. The Morgan fingerprint density at radius 3 is 2.45 bits per heavy atom. The summed E-state index contributed by atoms with van der Waals surface area (Å²) in [5.74, 6) is -5.71. The van der Waals surface area contributed by atoms with Crippen molar-refractivity contribution >= 4 is 23.2 Å². The van der Waals surface area contributed by atoms with Crippen LogP contribution in [0, 0.1) is 11.8 Å². The number of hydrogen-bond donors (Lipinski definition) is 7. The number of benzene rings is 2. The van der Waals surface area contributed by atoms with Crippen LogP contribution in [0.5, 0.6) is 11.5 Å². The lowest BCUT2D eigenvalue weighted by Crippen LogP contribution is -2.57. The molecule has 0 spiro atoms. The van der Waals surface area contributed by atoms with Gasteiger partial charge in [0.25, 0.3) is 5.91 Å². The van der Waals surface area contributed by atoms with Gasteiger partial charge in [-0.1, -0.05) is 12.1 Å². The molecule has 0 heterocycles. The van der Waals surface area contributed by atoms with Gasteiger partial charge < -0.3 is 41.5 Å². The minimum Gasteiger partial charge on any atom is -0.511 e. The number of nitrogens with two attached hydrogens (primary N) is 1. The monoisotopic (exact) mass is 549 g/mol. The minimum atomic E-state index is -2.59. The second-order valence-corrected chi connectivity index (χ2v) is 10.4. The Labute approximate surface area is 230 Å². The third kappa shape index (κ3) is 4.09. The Morgan fingerprint density at radius 2 is 1.82 bits per heavy atom. The van der Waals surface area contributed by atoms with Crippen LogP contribution in [0.2, 0.25) is 0 Å². The average molecular weight is 550 g/mol. The fourth-order valence-corrected chi connectivity index (χ4v) is 6.19. The molecule has 0 aliphatic heterocycles. The van der Waals surface area contributed by atoms with Gasteiger partial charge in [-0.3, -0.25) is 14.4 Å². The van der Waals surface area contributed by atoms with Crippen LogP contribution in [0.15, 0.2) is 53.0 Å². The number of ketones is 2. The number of ether oxygens (including phenoxy) is 1. The molecule has 3 aliphatic rings. The van der Waals surface area contributed by atoms with E-state index >= 15 is 0 Å². The van der Waals surface area contributed by atoms with Gasteiger partial charge in [0.05, 0.1) is 12.7 Å². The standard InChI is InChI=1S/C29H31N3O8/c1-31-19-9-15(12-32-11-13-3-5-17(40-2)6-4-13)24(34)22-18(19)8-14-7-16-10-20(33)23(28(30)38)27(37)29(16,39)26(36)21(14)25(22)35/h3-6,9,14,16,31-34,36,39H,7-8,10-12H2,1-2H3,(H2,30,38)/t14-,16+,29+/m1/s1. The van der Waals surface area contributed by atoms with Gasteiger partial charge in [-0.2, -0.15) is 0 Å². The summed E-state index contributed by atoms with van der Waals surface area (Å²) in [5.41, 5.74) is 4.26. The summed E-state index contributed by atoms with van der Waals surface area (Å²) in [4.78, 5) is 38.8. The molecule has 0 saturated carbocycles. The molecule has 3 aliphatic carbocycles. The van der Waals surface area contributed by atoms with E-state index in [0.29, 0.717) is 23.4 Å². The molecule has 2 aromatic carbocycles. The first-order valence-corrected chi connectivity index (χ1v) is 12.9. The van der Waals surface area contributed by atoms with Gasteiger partial charge in [-0.05, 0) is 48.1 Å². The van der Waals surface area contributed by atoms with Crippen molar-refractivity contribution in [1.29, 1.82) is 0 Å². The number of carbonyl (C=O) groups excluding carboxylic acids is 3. The quantitative estimate of drug-likeness (QED) is 0.198. The molecule has 2 aromatic rings. The number of amides is 1. The predicted molar refractivity (Wildman–Crippen MR) is 144 cm³/mol. The van der Waals surface area contributed by atoms with Crippen LogP contribution < -0.4 is 21.1 Å². The highest BCUT2D eigenvalue weighted by atomic mass is 16.5. The largest absolute Gasteiger partial charge is 0.511 e. The van der Waals surface area contributed by atoms with E-state index < -0.39 is 52.0 Å². The number of primary amides is 1. The van der Waals surface area contributed by atoms with E-state index in [1.54, 1.807) is 20.2 Å². The van der Waals surface area contributed by atoms with Crippen molar-refractivity contribution in [2.75, 3.05) is 19.5 Å². The zero-order chi connectivity index (χ0) is 28.9. The first-order chi connectivity index (χ1) is 19.0. The number of anilines is 1. The van der Waals surface area contributed by atoms with E-state index in [1.165, 1.54) is 0 Å². The van der Waals surface area contributed by atoms with Crippen molar-refractivity contribution in [2.45, 2.75) is 38.0 Å². The van der Waals surface area contributed by atoms with Crippen molar-refractivity contribution in [1.82, 2.24) is 5.32 Å². The third-order valence-corrected chi connectivity index (χ3v) is 8.21. The van der Waals surface area contributed by atoms with Gasteiger partial charge in [0.1, 0.15) is 28.6 Å². The van der Waals surface area contributed by atoms with Crippen LogP contribution in [0.1, 0.15) is 39.9 Å². The van der Waals surface area contributed by atoms with Gasteiger partial charge in [0.15, 0.2) is 11.4 Å². The van der Waals surface area contributed by atoms with Gasteiger partial charge in [0.2, 0.25) is 5.78 Å². The number of aromatic hydroxyl groups is 1. The van der Waals surface area contributed by atoms with E-state index in [9.17, 15) is 34.8 Å². The average Bonchev–Trinajstić information content (AvgIpc) is 2.92. The molecule has 11 heteroatoms. The molecular formula is C29H31N3O8. The van der Waals surface area contributed by atoms with Crippen LogP contribution in [0.4, 0.5) is 5.69 Å². The smallest absolute Gasteiger partial charge is 0.255 e. The Morgan fingerprint density at radius 1 is 1.12 bits per heavy atom. The summed E-state index contributed by atoms with van der Waals surface area (Å²) in [6.07, 6.45) is 0.0496. The van der Waals surface area contributed by atoms with Crippen molar-refractivity contribution in [2.24, 2.45) is 17.6 Å². The summed E-state index contributed by atoms with van der Waals surface area (Å²) >= 11 is 0. The zero-order valence-corrected chi connectivity index (χ0v) is 22.1. The van der Waals surface area contributed by atoms with E-state index in [-0.39, 0.29) is 42.7 Å². The Bertz CT molecular complexity index is 1490. The number of methoxy groups -OCH3 is 1. The van der Waals surface area contributed by atoms with Crippen molar-refractivity contribution in [3.8, 4) is 11.5 Å². The summed E-state index contributed by atoms with van der Waals surface area (Å²) in [7, 11) is 3.28. The van der Waals surface area contributed by atoms with E-state index in [2.05, 4.69) is 10.6 Å². The second kappa shape index (κ2) is 10.00. The van der Waals surface area contributed by atoms with Gasteiger partial charge >= 0.3 is 0 Å². The second-order valence-electron chi connectivity index (χ2n) is 10.4. The summed E-state index contributed by atoms with van der Waals surface area (Å²) in [6.45, 7) is 0.703. The number of hydrogen-bond acceptors (Lipinski definition) is 10. The maximum absolute atomic E-state index is 13.8. The number of aliphatic hydroxyl groups is 3.